The lowest BCUT2D eigenvalue weighted by Crippen LogP contribution is -2.69. The van der Waals surface area contributed by atoms with Gasteiger partial charge in [0.15, 0.2) is 0 Å². The zero-order chi connectivity index (χ0) is 18.4. The van der Waals surface area contributed by atoms with Crippen molar-refractivity contribution in [3.05, 3.63) is 71.8 Å². The fourth-order valence-electron chi connectivity index (χ4n) is 5.02. The summed E-state index contributed by atoms with van der Waals surface area (Å²) in [6, 6.07) is 20.1. The third kappa shape index (κ3) is 2.79. The summed E-state index contributed by atoms with van der Waals surface area (Å²) in [4.78, 5) is 0. The maximum atomic E-state index is 11.3. The van der Waals surface area contributed by atoms with Gasteiger partial charge in [-0.2, -0.15) is 0 Å². The molecule has 2 N–H and O–H groups in total. The van der Waals surface area contributed by atoms with Gasteiger partial charge in [0.2, 0.25) is 0 Å². The summed E-state index contributed by atoms with van der Waals surface area (Å²) in [5.74, 6) is 0.581. The number of hydrogen-bond acceptors (Lipinski definition) is 3. The second kappa shape index (κ2) is 6.49. The SMILES string of the molecule is CC1(C)[C@@H]2C[C@H]1[C@](O)(COC(c1ccccc1)c1ccccc1)[C@@H](O)C2. The predicted octanol–water partition coefficient (Wildman–Crippen LogP) is 3.95. The summed E-state index contributed by atoms with van der Waals surface area (Å²) >= 11 is 0. The molecule has 3 heteroatoms. The molecule has 0 aliphatic heterocycles. The van der Waals surface area contributed by atoms with Crippen LogP contribution in [0.4, 0.5) is 0 Å². The fraction of sp³-hybridized carbons (Fsp3) is 0.478. The van der Waals surface area contributed by atoms with Crippen LogP contribution in [0.25, 0.3) is 0 Å². The van der Waals surface area contributed by atoms with Crippen LogP contribution in [0, 0.1) is 17.3 Å². The van der Waals surface area contributed by atoms with E-state index in [1.54, 1.807) is 0 Å². The molecule has 0 saturated heterocycles. The van der Waals surface area contributed by atoms with Crippen molar-refractivity contribution in [2.75, 3.05) is 6.61 Å². The second-order valence-electron chi connectivity index (χ2n) is 8.56. The number of aliphatic hydroxyl groups is 2. The van der Waals surface area contributed by atoms with Crippen LogP contribution in [0.5, 0.6) is 0 Å². The Morgan fingerprint density at radius 2 is 1.50 bits per heavy atom. The molecule has 0 radical (unpaired) electrons. The maximum absolute atomic E-state index is 11.3. The molecule has 0 amide bonds. The van der Waals surface area contributed by atoms with Crippen LogP contribution in [0.15, 0.2) is 60.7 Å². The first-order chi connectivity index (χ1) is 12.4. The topological polar surface area (TPSA) is 49.7 Å². The molecule has 3 aliphatic carbocycles. The molecule has 3 saturated carbocycles. The van der Waals surface area contributed by atoms with Gasteiger partial charge in [0, 0.05) is 0 Å². The van der Waals surface area contributed by atoms with Gasteiger partial charge >= 0.3 is 0 Å². The van der Waals surface area contributed by atoms with E-state index in [9.17, 15) is 10.2 Å². The van der Waals surface area contributed by atoms with E-state index in [1.807, 2.05) is 60.7 Å². The quantitative estimate of drug-likeness (QED) is 0.857. The smallest absolute Gasteiger partial charge is 0.117 e. The molecule has 3 aliphatic rings. The van der Waals surface area contributed by atoms with Crippen molar-refractivity contribution in [3.8, 4) is 0 Å². The summed E-state index contributed by atoms with van der Waals surface area (Å²) in [6.07, 6.45) is 0.664. The average molecular weight is 352 g/mol. The molecule has 0 spiro atoms. The van der Waals surface area contributed by atoms with E-state index in [-0.39, 0.29) is 24.0 Å². The lowest BCUT2D eigenvalue weighted by molar-refractivity contribution is -0.272. The highest BCUT2D eigenvalue weighted by molar-refractivity contribution is 5.30. The van der Waals surface area contributed by atoms with E-state index in [0.29, 0.717) is 12.3 Å². The highest BCUT2D eigenvalue weighted by atomic mass is 16.5. The Bertz CT molecular complexity index is 703. The van der Waals surface area contributed by atoms with Crippen molar-refractivity contribution in [1.82, 2.24) is 0 Å². The number of ether oxygens (including phenoxy) is 1. The molecule has 3 fully saturated rings. The molecular formula is C23H28O3. The number of fused-ring (bicyclic) bond motifs is 2. The zero-order valence-corrected chi connectivity index (χ0v) is 15.5. The minimum atomic E-state index is -1.18. The average Bonchev–Trinajstić information content (AvgIpc) is 2.65. The van der Waals surface area contributed by atoms with Crippen molar-refractivity contribution >= 4 is 0 Å². The van der Waals surface area contributed by atoms with Crippen LogP contribution in [0.2, 0.25) is 0 Å². The Balaban J connectivity index is 1.59. The third-order valence-corrected chi connectivity index (χ3v) is 6.84. The van der Waals surface area contributed by atoms with Crippen LogP contribution in [0.3, 0.4) is 0 Å². The van der Waals surface area contributed by atoms with E-state index in [2.05, 4.69) is 13.8 Å². The highest BCUT2D eigenvalue weighted by Gasteiger charge is 2.64. The molecule has 0 aromatic heterocycles. The van der Waals surface area contributed by atoms with E-state index >= 15 is 0 Å². The first kappa shape index (κ1) is 17.7. The van der Waals surface area contributed by atoms with E-state index in [4.69, 9.17) is 4.74 Å². The second-order valence-corrected chi connectivity index (χ2v) is 8.56. The standard InChI is InChI=1S/C23H28O3/c1-22(2)18-13-19(22)23(25,20(24)14-18)15-26-21(16-9-5-3-6-10-16)17-11-7-4-8-12-17/h3-12,18-21,24-25H,13-15H2,1-2H3/t18-,19-,20+,23-/m1/s1. The molecule has 26 heavy (non-hydrogen) atoms. The summed E-state index contributed by atoms with van der Waals surface area (Å²) < 4.78 is 6.31. The van der Waals surface area contributed by atoms with Crippen molar-refractivity contribution in [2.24, 2.45) is 17.3 Å². The van der Waals surface area contributed by atoms with E-state index < -0.39 is 11.7 Å². The molecule has 0 unspecified atom stereocenters. The molecule has 3 nitrogen and oxygen atoms in total. The van der Waals surface area contributed by atoms with E-state index in [1.165, 1.54) is 0 Å². The van der Waals surface area contributed by atoms with Gasteiger partial charge in [-0.3, -0.25) is 0 Å². The Morgan fingerprint density at radius 3 is 2.00 bits per heavy atom. The summed E-state index contributed by atoms with van der Waals surface area (Å²) in [7, 11) is 0. The van der Waals surface area contributed by atoms with Crippen molar-refractivity contribution in [3.63, 3.8) is 0 Å². The van der Waals surface area contributed by atoms with Gasteiger partial charge in [0.25, 0.3) is 0 Å². The highest BCUT2D eigenvalue weighted by Crippen LogP contribution is 2.62. The van der Waals surface area contributed by atoms with Gasteiger partial charge in [0.05, 0.1) is 12.7 Å². The Morgan fingerprint density at radius 1 is 0.962 bits per heavy atom. The van der Waals surface area contributed by atoms with Crippen LogP contribution in [-0.2, 0) is 4.74 Å². The van der Waals surface area contributed by atoms with Gasteiger partial charge in [-0.15, -0.1) is 0 Å². The number of hydrogen-bond donors (Lipinski definition) is 2. The number of rotatable bonds is 5. The maximum Gasteiger partial charge on any atom is 0.117 e. The molecule has 0 heterocycles. The minimum Gasteiger partial charge on any atom is -0.390 e. The summed E-state index contributed by atoms with van der Waals surface area (Å²) in [6.45, 7) is 4.55. The summed E-state index contributed by atoms with van der Waals surface area (Å²) in [5.41, 5.74) is 0.989. The molecule has 5 rings (SSSR count). The lowest BCUT2D eigenvalue weighted by atomic mass is 9.43. The van der Waals surface area contributed by atoms with Crippen molar-refractivity contribution in [1.29, 1.82) is 0 Å². The van der Waals surface area contributed by atoms with Crippen LogP contribution in [-0.4, -0.2) is 28.5 Å². The first-order valence-corrected chi connectivity index (χ1v) is 9.55. The van der Waals surface area contributed by atoms with Crippen molar-refractivity contribution < 1.29 is 14.9 Å². The van der Waals surface area contributed by atoms with Gasteiger partial charge in [0.1, 0.15) is 11.7 Å². The zero-order valence-electron chi connectivity index (χ0n) is 15.5. The first-order valence-electron chi connectivity index (χ1n) is 9.55. The normalized spacial score (nSPS) is 32.3. The van der Waals surface area contributed by atoms with Crippen molar-refractivity contribution in [2.45, 2.75) is 44.5 Å². The molecule has 2 aromatic rings. The van der Waals surface area contributed by atoms with Gasteiger partial charge < -0.3 is 14.9 Å². The largest absolute Gasteiger partial charge is 0.390 e. The molecule has 138 valence electrons. The molecule has 2 bridgehead atoms. The van der Waals surface area contributed by atoms with Gasteiger partial charge in [-0.25, -0.2) is 0 Å². The molecular weight excluding hydrogens is 324 g/mol. The lowest BCUT2D eigenvalue weighted by Gasteiger charge is -2.64. The fourth-order valence-corrected chi connectivity index (χ4v) is 5.02. The van der Waals surface area contributed by atoms with Gasteiger partial charge in [-0.1, -0.05) is 74.5 Å². The van der Waals surface area contributed by atoms with Crippen LogP contribution in [0.1, 0.15) is 43.9 Å². The third-order valence-electron chi connectivity index (χ3n) is 6.84. The number of benzene rings is 2. The van der Waals surface area contributed by atoms with Crippen LogP contribution >= 0.6 is 0 Å². The summed E-state index contributed by atoms with van der Waals surface area (Å²) in [5, 5.41) is 21.9. The monoisotopic (exact) mass is 352 g/mol. The Labute approximate surface area is 155 Å². The molecule has 4 atom stereocenters. The predicted molar refractivity (Wildman–Crippen MR) is 102 cm³/mol. The Kier molecular flexibility index (Phi) is 4.42. The van der Waals surface area contributed by atoms with E-state index in [0.717, 1.165) is 17.5 Å². The van der Waals surface area contributed by atoms with Crippen LogP contribution < -0.4 is 0 Å². The Hall–Kier alpha value is -1.68. The minimum absolute atomic E-state index is 0.0618. The molecule has 2 aromatic carbocycles. The number of aliphatic hydroxyl groups excluding tert-OH is 1. The van der Waals surface area contributed by atoms with Gasteiger partial charge in [-0.05, 0) is 41.2 Å².